The maximum Gasteiger partial charge on any atom is 0.322 e. The second-order valence-electron chi connectivity index (χ2n) is 11.5. The van der Waals surface area contributed by atoms with Gasteiger partial charge in [0, 0.05) is 48.9 Å². The number of carboxylic acid groups (broad SMARTS) is 1. The second-order valence-corrected chi connectivity index (χ2v) is 12.5. The van der Waals surface area contributed by atoms with E-state index in [4.69, 9.17) is 9.94 Å². The quantitative estimate of drug-likeness (QED) is 0.187. The Hall–Kier alpha value is -3.51. The van der Waals surface area contributed by atoms with Crippen molar-refractivity contribution in [2.75, 3.05) is 39.3 Å². The van der Waals surface area contributed by atoms with Crippen molar-refractivity contribution in [3.8, 4) is 0 Å². The van der Waals surface area contributed by atoms with Crippen LogP contribution in [0.2, 0.25) is 0 Å². The third kappa shape index (κ3) is 9.25. The minimum absolute atomic E-state index is 0.0257. The van der Waals surface area contributed by atoms with Gasteiger partial charge in [-0.15, -0.1) is 0 Å². The monoisotopic (exact) mass is 673 g/mol. The van der Waals surface area contributed by atoms with E-state index in [1.54, 1.807) is 13.0 Å². The van der Waals surface area contributed by atoms with Gasteiger partial charge < -0.3 is 25.4 Å². The molecule has 2 N–H and O–H groups in total. The topological polar surface area (TPSA) is 138 Å². The number of rotatable bonds is 8. The molecule has 2 aliphatic heterocycles. The first-order valence-corrected chi connectivity index (χ1v) is 15.8. The molecule has 2 aromatic rings. The zero-order valence-electron chi connectivity index (χ0n) is 26.3. The Morgan fingerprint density at radius 3 is 2.25 bits per heavy atom. The first kappa shape index (κ1) is 35.0. The summed E-state index contributed by atoms with van der Waals surface area (Å²) in [6.07, 6.45) is 5.40. The molecule has 240 valence electrons. The Morgan fingerprint density at radius 2 is 1.73 bits per heavy atom. The summed E-state index contributed by atoms with van der Waals surface area (Å²) in [4.78, 5) is 43.0. The van der Waals surface area contributed by atoms with Gasteiger partial charge in [0.15, 0.2) is 6.20 Å². The lowest BCUT2D eigenvalue weighted by Gasteiger charge is -2.49. The van der Waals surface area contributed by atoms with E-state index in [1.165, 1.54) is 13.1 Å². The molecule has 3 heterocycles. The maximum absolute atomic E-state index is 13.3. The number of aryl methyl sites for hydroxylation is 1. The number of pyridine rings is 1. The van der Waals surface area contributed by atoms with E-state index in [-0.39, 0.29) is 23.9 Å². The van der Waals surface area contributed by atoms with Crippen LogP contribution >= 0.6 is 15.9 Å². The van der Waals surface area contributed by atoms with Crippen molar-refractivity contribution in [2.45, 2.75) is 65.8 Å². The fourth-order valence-electron chi connectivity index (χ4n) is 5.77. The molecule has 2 aliphatic rings. The number of oxime groups is 1. The molecule has 0 radical (unpaired) electrons. The summed E-state index contributed by atoms with van der Waals surface area (Å²) in [6.45, 7) is 12.9. The Labute approximate surface area is 268 Å². The Kier molecular flexibility index (Phi) is 12.7. The molecule has 1 aromatic carbocycles. The van der Waals surface area contributed by atoms with Gasteiger partial charge in [0.1, 0.15) is 18.7 Å². The van der Waals surface area contributed by atoms with Gasteiger partial charge in [0.25, 0.3) is 5.91 Å². The first-order valence-electron chi connectivity index (χ1n) is 15.0. The summed E-state index contributed by atoms with van der Waals surface area (Å²) < 4.78 is 1.84. The molecule has 0 unspecified atom stereocenters. The van der Waals surface area contributed by atoms with Gasteiger partial charge in [-0.05, 0) is 82.8 Å². The summed E-state index contributed by atoms with van der Waals surface area (Å²) in [5, 5.41) is 26.6. The number of nitrogens with one attached hydrogen (secondary N) is 1. The predicted octanol–water partition coefficient (Wildman–Crippen LogP) is 4.05. The number of piperidine rings is 2. The number of halogens is 1. The highest BCUT2D eigenvalue weighted by Gasteiger charge is 2.40. The Bertz CT molecular complexity index is 1320. The van der Waals surface area contributed by atoms with Gasteiger partial charge in [-0.3, -0.25) is 19.3 Å². The van der Waals surface area contributed by atoms with Gasteiger partial charge in [-0.25, -0.2) is 0 Å². The zero-order valence-corrected chi connectivity index (χ0v) is 27.9. The maximum atomic E-state index is 13.3. The molecule has 0 atom stereocenters. The molecule has 2 fully saturated rings. The number of hydrogen-bond donors (Lipinski definition) is 2. The van der Waals surface area contributed by atoms with Crippen LogP contribution in [0.1, 0.15) is 73.6 Å². The number of likely N-dealkylation sites (tertiary alicyclic amines) is 2. The summed E-state index contributed by atoms with van der Waals surface area (Å²) in [5.41, 5.74) is 4.11. The van der Waals surface area contributed by atoms with Crippen molar-refractivity contribution in [3.05, 3.63) is 68.6 Å². The van der Waals surface area contributed by atoms with E-state index >= 15 is 0 Å². The highest BCUT2D eigenvalue weighted by molar-refractivity contribution is 9.10. The predicted molar refractivity (Wildman–Crippen MR) is 171 cm³/mol. The normalized spacial score (nSPS) is 17.3. The summed E-state index contributed by atoms with van der Waals surface area (Å²) in [5.74, 6) is -1.02. The van der Waals surface area contributed by atoms with Crippen LogP contribution in [0, 0.1) is 25.0 Å². The number of carbonyl (C=O) groups excluding carboxylic acids is 2. The molecular weight excluding hydrogens is 630 g/mol. The third-order valence-electron chi connectivity index (χ3n) is 8.45. The fourth-order valence-corrected chi connectivity index (χ4v) is 6.03. The van der Waals surface area contributed by atoms with Crippen LogP contribution in [0.25, 0.3) is 0 Å². The van der Waals surface area contributed by atoms with E-state index in [0.29, 0.717) is 36.9 Å². The summed E-state index contributed by atoms with van der Waals surface area (Å²) >= 11 is 3.52. The minimum Gasteiger partial charge on any atom is -0.618 e. The summed E-state index contributed by atoms with van der Waals surface area (Å²) in [7, 11) is 0. The van der Waals surface area contributed by atoms with E-state index in [2.05, 4.69) is 62.5 Å². The van der Waals surface area contributed by atoms with Gasteiger partial charge in [-0.2, -0.15) is 4.73 Å². The van der Waals surface area contributed by atoms with E-state index in [0.717, 1.165) is 64.8 Å². The molecule has 1 aromatic heterocycles. The van der Waals surface area contributed by atoms with Crippen LogP contribution < -0.4 is 10.0 Å². The molecular formula is C32H44BrN5O6. The van der Waals surface area contributed by atoms with Gasteiger partial charge >= 0.3 is 5.97 Å². The molecule has 44 heavy (non-hydrogen) atoms. The van der Waals surface area contributed by atoms with Crippen molar-refractivity contribution in [1.29, 1.82) is 0 Å². The SMILES string of the molecule is CC(=O)NCC(=O)O.CCO/N=C(/c1ccc(Br)cc1)C1CCN(C2(C)CCN(C(=O)c3c(C)cc[n+]([O-])c3C)CC2)CC1. The number of benzene rings is 1. The molecule has 4 rings (SSSR count). The highest BCUT2D eigenvalue weighted by atomic mass is 79.9. The van der Waals surface area contributed by atoms with Crippen molar-refractivity contribution < 1.29 is 29.1 Å². The van der Waals surface area contributed by atoms with E-state index in [9.17, 15) is 19.6 Å². The molecule has 0 aliphatic carbocycles. The first-order chi connectivity index (χ1) is 20.9. The smallest absolute Gasteiger partial charge is 0.322 e. The van der Waals surface area contributed by atoms with Crippen molar-refractivity contribution in [3.63, 3.8) is 0 Å². The Morgan fingerprint density at radius 1 is 1.11 bits per heavy atom. The lowest BCUT2D eigenvalue weighted by molar-refractivity contribution is -0.612. The summed E-state index contributed by atoms with van der Waals surface area (Å²) in [6, 6.07) is 10.0. The van der Waals surface area contributed by atoms with Gasteiger partial charge in [0.05, 0.1) is 5.71 Å². The van der Waals surface area contributed by atoms with Crippen LogP contribution in [0.5, 0.6) is 0 Å². The average Bonchev–Trinajstić information content (AvgIpc) is 3.00. The van der Waals surface area contributed by atoms with Crippen molar-refractivity contribution in [2.24, 2.45) is 11.1 Å². The fraction of sp³-hybridized carbons (Fsp3) is 0.531. The van der Waals surface area contributed by atoms with Crippen LogP contribution in [0.15, 0.2) is 46.2 Å². The average molecular weight is 675 g/mol. The largest absolute Gasteiger partial charge is 0.618 e. The lowest BCUT2D eigenvalue weighted by atomic mass is 9.82. The molecule has 2 saturated heterocycles. The van der Waals surface area contributed by atoms with Crippen molar-refractivity contribution >= 4 is 39.4 Å². The highest BCUT2D eigenvalue weighted by Crippen LogP contribution is 2.34. The molecule has 2 amide bonds. The molecule has 12 heteroatoms. The standard InChI is InChI=1S/C28H37BrN4O3.C4H7NO3/c1-5-36-30-26(22-6-8-24(29)9-7-22)23-11-15-32(16-12-23)28(4)13-18-31(19-14-28)27(34)25-20(2)10-17-33(35)21(25)3;1-3(6)5-2-4(7)8/h6-10,17,23H,5,11-16,18-19H2,1-4H3;2H2,1H3,(H,5,6)(H,7,8)/b30-26-;. The van der Waals surface area contributed by atoms with Crippen molar-refractivity contribution in [1.82, 2.24) is 15.1 Å². The molecule has 0 saturated carbocycles. The van der Waals surface area contributed by atoms with E-state index < -0.39 is 5.97 Å². The zero-order chi connectivity index (χ0) is 32.4. The number of carboxylic acids is 1. The molecule has 0 bridgehead atoms. The number of carbonyl (C=O) groups is 3. The van der Waals surface area contributed by atoms with Gasteiger partial charge in [-0.1, -0.05) is 33.2 Å². The number of amides is 2. The second kappa shape index (κ2) is 16.0. The third-order valence-corrected chi connectivity index (χ3v) is 8.98. The lowest BCUT2D eigenvalue weighted by Crippen LogP contribution is -2.57. The van der Waals surface area contributed by atoms with Gasteiger partial charge in [0.2, 0.25) is 11.6 Å². The van der Waals surface area contributed by atoms with Crippen LogP contribution in [-0.4, -0.2) is 83.3 Å². The van der Waals surface area contributed by atoms with Crippen LogP contribution in [0.4, 0.5) is 0 Å². The Balaban J connectivity index is 0.000000583. The number of hydrogen-bond acceptors (Lipinski definition) is 7. The number of nitrogens with zero attached hydrogens (tertiary/aromatic N) is 4. The number of aliphatic carboxylic acids is 1. The minimum atomic E-state index is -1.03. The molecule has 11 nitrogen and oxygen atoms in total. The van der Waals surface area contributed by atoms with Crippen LogP contribution in [-0.2, 0) is 14.4 Å². The van der Waals surface area contributed by atoms with E-state index in [1.807, 2.05) is 18.7 Å². The van der Waals surface area contributed by atoms with Crippen LogP contribution in [0.3, 0.4) is 0 Å². The number of aromatic nitrogens is 1. The molecule has 0 spiro atoms.